The number of nitrogens with one attached hydrogen (secondary N) is 2. The van der Waals surface area contributed by atoms with Crippen molar-refractivity contribution in [3.63, 3.8) is 0 Å². The van der Waals surface area contributed by atoms with Gasteiger partial charge in [-0.2, -0.15) is 0 Å². The highest BCUT2D eigenvalue weighted by Crippen LogP contribution is 2.18. The van der Waals surface area contributed by atoms with Crippen LogP contribution in [-0.4, -0.2) is 23.7 Å². The number of amides is 2. The van der Waals surface area contributed by atoms with E-state index in [4.69, 9.17) is 16.7 Å². The highest BCUT2D eigenvalue weighted by molar-refractivity contribution is 6.30. The zero-order chi connectivity index (χ0) is 13.5. The summed E-state index contributed by atoms with van der Waals surface area (Å²) >= 11 is 5.49. The summed E-state index contributed by atoms with van der Waals surface area (Å²) in [6, 6.07) is 3.36. The quantitative estimate of drug-likeness (QED) is 0.722. The number of anilines is 1. The molecule has 0 radical (unpaired) electrons. The zero-order valence-electron chi connectivity index (χ0n) is 9.37. The van der Waals surface area contributed by atoms with Crippen molar-refractivity contribution in [1.29, 1.82) is 0 Å². The number of carboxylic acid groups (broad SMARTS) is 1. The van der Waals surface area contributed by atoms with Gasteiger partial charge in [-0.1, -0.05) is 11.6 Å². The van der Waals surface area contributed by atoms with Gasteiger partial charge in [0.2, 0.25) is 0 Å². The second-order valence-electron chi connectivity index (χ2n) is 3.51. The molecule has 5 nitrogen and oxygen atoms in total. The Morgan fingerprint density at radius 3 is 2.72 bits per heavy atom. The average Bonchev–Trinajstić information content (AvgIpc) is 2.29. The smallest absolute Gasteiger partial charge is 0.319 e. The molecule has 98 valence electrons. The van der Waals surface area contributed by atoms with Crippen molar-refractivity contribution in [2.75, 3.05) is 11.9 Å². The van der Waals surface area contributed by atoms with Crippen molar-refractivity contribution in [1.82, 2.24) is 5.32 Å². The maximum absolute atomic E-state index is 13.1. The van der Waals surface area contributed by atoms with Gasteiger partial charge in [-0.3, -0.25) is 4.79 Å². The third-order valence-corrected chi connectivity index (χ3v) is 2.34. The monoisotopic (exact) mass is 274 g/mol. The predicted octanol–water partition coefficient (Wildman–Crippen LogP) is 2.47. The fourth-order valence-corrected chi connectivity index (χ4v) is 1.31. The molecule has 0 heterocycles. The van der Waals surface area contributed by atoms with Crippen molar-refractivity contribution in [2.24, 2.45) is 0 Å². The van der Waals surface area contributed by atoms with Crippen LogP contribution in [0.5, 0.6) is 0 Å². The molecule has 0 fully saturated rings. The van der Waals surface area contributed by atoms with Gasteiger partial charge in [0.1, 0.15) is 5.82 Å². The summed E-state index contributed by atoms with van der Waals surface area (Å²) in [5.74, 6) is -1.54. The molecule has 1 rings (SSSR count). The molecule has 0 atom stereocenters. The average molecular weight is 275 g/mol. The van der Waals surface area contributed by atoms with Gasteiger partial charge in [0.05, 0.1) is 5.02 Å². The van der Waals surface area contributed by atoms with E-state index in [1.54, 1.807) is 0 Å². The molecule has 0 aliphatic carbocycles. The third-order valence-electron chi connectivity index (χ3n) is 2.03. The van der Waals surface area contributed by atoms with Gasteiger partial charge in [0, 0.05) is 18.7 Å². The van der Waals surface area contributed by atoms with Crippen LogP contribution in [-0.2, 0) is 4.79 Å². The van der Waals surface area contributed by atoms with Crippen molar-refractivity contribution >= 4 is 29.3 Å². The van der Waals surface area contributed by atoms with Crippen molar-refractivity contribution in [2.45, 2.75) is 12.8 Å². The fourth-order valence-electron chi connectivity index (χ4n) is 1.19. The molecule has 0 spiro atoms. The molecule has 1 aromatic carbocycles. The van der Waals surface area contributed by atoms with Gasteiger partial charge in [0.15, 0.2) is 0 Å². The Morgan fingerprint density at radius 2 is 2.11 bits per heavy atom. The Labute approximate surface area is 108 Å². The lowest BCUT2D eigenvalue weighted by Crippen LogP contribution is -2.29. The molecule has 2 amide bonds. The van der Waals surface area contributed by atoms with E-state index in [-0.39, 0.29) is 23.7 Å². The lowest BCUT2D eigenvalue weighted by molar-refractivity contribution is -0.137. The highest BCUT2D eigenvalue weighted by Gasteiger charge is 2.05. The van der Waals surface area contributed by atoms with E-state index >= 15 is 0 Å². The van der Waals surface area contributed by atoms with E-state index in [1.165, 1.54) is 12.1 Å². The van der Waals surface area contributed by atoms with Gasteiger partial charge in [0.25, 0.3) is 0 Å². The Hall–Kier alpha value is -1.82. The van der Waals surface area contributed by atoms with E-state index in [1.807, 2.05) is 0 Å². The molecule has 0 aromatic heterocycles. The van der Waals surface area contributed by atoms with Crippen LogP contribution in [0.4, 0.5) is 14.9 Å². The molecule has 0 unspecified atom stereocenters. The lowest BCUT2D eigenvalue weighted by Gasteiger charge is -2.07. The molecule has 18 heavy (non-hydrogen) atoms. The number of hydrogen-bond acceptors (Lipinski definition) is 2. The minimum atomic E-state index is -0.919. The number of aliphatic carboxylic acids is 1. The first-order chi connectivity index (χ1) is 8.49. The maximum atomic E-state index is 13.1. The number of hydrogen-bond donors (Lipinski definition) is 3. The summed E-state index contributed by atoms with van der Waals surface area (Å²) in [4.78, 5) is 21.6. The van der Waals surface area contributed by atoms with Crippen LogP contribution < -0.4 is 10.6 Å². The first kappa shape index (κ1) is 14.2. The zero-order valence-corrected chi connectivity index (χ0v) is 10.1. The van der Waals surface area contributed by atoms with E-state index in [0.29, 0.717) is 6.42 Å². The Morgan fingerprint density at radius 1 is 1.39 bits per heavy atom. The van der Waals surface area contributed by atoms with Gasteiger partial charge in [-0.05, 0) is 24.6 Å². The Bertz CT molecular complexity index is 454. The molecule has 7 heteroatoms. The number of carboxylic acids is 1. The number of benzene rings is 1. The minimum Gasteiger partial charge on any atom is -0.481 e. The van der Waals surface area contributed by atoms with E-state index in [9.17, 15) is 14.0 Å². The van der Waals surface area contributed by atoms with Crippen LogP contribution in [0.25, 0.3) is 0 Å². The summed E-state index contributed by atoms with van der Waals surface area (Å²) in [7, 11) is 0. The molecule has 0 saturated heterocycles. The first-order valence-electron chi connectivity index (χ1n) is 5.20. The molecule has 0 bridgehead atoms. The molecular formula is C11H12ClFN2O3. The highest BCUT2D eigenvalue weighted by atomic mass is 35.5. The fraction of sp³-hybridized carbons (Fsp3) is 0.273. The maximum Gasteiger partial charge on any atom is 0.319 e. The normalized spacial score (nSPS) is 9.89. The van der Waals surface area contributed by atoms with Crippen LogP contribution in [0.1, 0.15) is 12.8 Å². The predicted molar refractivity (Wildman–Crippen MR) is 65.3 cm³/mol. The minimum absolute atomic E-state index is 0.0180. The second-order valence-corrected chi connectivity index (χ2v) is 3.91. The van der Waals surface area contributed by atoms with Crippen molar-refractivity contribution < 1.29 is 19.1 Å². The summed E-state index contributed by atoms with van der Waals surface area (Å²) in [5, 5.41) is 13.2. The van der Waals surface area contributed by atoms with Crippen LogP contribution in [0.15, 0.2) is 18.2 Å². The van der Waals surface area contributed by atoms with Crippen molar-refractivity contribution in [3.8, 4) is 0 Å². The Kier molecular flexibility index (Phi) is 5.38. The summed E-state index contributed by atoms with van der Waals surface area (Å²) in [6.45, 7) is 0.230. The van der Waals surface area contributed by atoms with Crippen LogP contribution in [0.3, 0.4) is 0 Å². The van der Waals surface area contributed by atoms with Crippen LogP contribution in [0, 0.1) is 5.82 Å². The van der Waals surface area contributed by atoms with Gasteiger partial charge < -0.3 is 15.7 Å². The second kappa shape index (κ2) is 6.80. The molecule has 3 N–H and O–H groups in total. The Balaban J connectivity index is 2.35. The number of carbonyl (C=O) groups is 2. The van der Waals surface area contributed by atoms with E-state index < -0.39 is 17.8 Å². The standard InChI is InChI=1S/C11H12ClFN2O3/c12-8-4-3-7(6-9(8)13)15-11(18)14-5-1-2-10(16)17/h3-4,6H,1-2,5H2,(H,16,17)(H2,14,15,18). The molecular weight excluding hydrogens is 263 g/mol. The number of carbonyl (C=O) groups excluding carboxylic acids is 1. The molecule has 0 saturated carbocycles. The SMILES string of the molecule is O=C(O)CCCNC(=O)Nc1ccc(Cl)c(F)c1. The van der Waals surface area contributed by atoms with Crippen LogP contribution >= 0.6 is 11.6 Å². The topological polar surface area (TPSA) is 78.4 Å². The van der Waals surface area contributed by atoms with Gasteiger partial charge in [-0.15, -0.1) is 0 Å². The first-order valence-corrected chi connectivity index (χ1v) is 5.58. The third kappa shape index (κ3) is 5.01. The largest absolute Gasteiger partial charge is 0.481 e. The van der Waals surface area contributed by atoms with Gasteiger partial charge in [-0.25, -0.2) is 9.18 Å². The van der Waals surface area contributed by atoms with E-state index in [0.717, 1.165) is 6.07 Å². The summed E-state index contributed by atoms with van der Waals surface area (Å²) in [5.41, 5.74) is 0.271. The number of urea groups is 1. The summed E-state index contributed by atoms with van der Waals surface area (Å²) < 4.78 is 13.1. The molecule has 1 aromatic rings. The lowest BCUT2D eigenvalue weighted by atomic mass is 10.3. The molecule has 0 aliphatic rings. The number of rotatable bonds is 5. The van der Waals surface area contributed by atoms with Crippen molar-refractivity contribution in [3.05, 3.63) is 29.0 Å². The van der Waals surface area contributed by atoms with Crippen LogP contribution in [0.2, 0.25) is 5.02 Å². The molecule has 0 aliphatic heterocycles. The number of halogens is 2. The summed E-state index contributed by atoms with van der Waals surface area (Å²) in [6.07, 6.45) is 0.313. The van der Waals surface area contributed by atoms with Gasteiger partial charge >= 0.3 is 12.0 Å². The van der Waals surface area contributed by atoms with E-state index in [2.05, 4.69) is 10.6 Å².